The van der Waals surface area contributed by atoms with Crippen LogP contribution in [0.1, 0.15) is 10.4 Å². The second kappa shape index (κ2) is 10.0. The SMILES string of the molecule is COc1ccccc1-c1csc(NC(=O)COC(=O)c2ccccc2-c2nc3ccccc3s2)n1. The monoisotopic (exact) mass is 501 g/mol. The molecule has 0 saturated heterocycles. The predicted molar refractivity (Wildman–Crippen MR) is 138 cm³/mol. The number of esters is 1. The molecule has 0 unspecified atom stereocenters. The molecule has 0 radical (unpaired) electrons. The summed E-state index contributed by atoms with van der Waals surface area (Å²) in [5.74, 6) is -0.378. The summed E-state index contributed by atoms with van der Waals surface area (Å²) >= 11 is 2.78. The van der Waals surface area contributed by atoms with Crippen molar-refractivity contribution in [2.24, 2.45) is 0 Å². The number of anilines is 1. The lowest BCUT2D eigenvalue weighted by Gasteiger charge is -2.08. The highest BCUT2D eigenvalue weighted by Crippen LogP contribution is 2.33. The van der Waals surface area contributed by atoms with Crippen LogP contribution < -0.4 is 10.1 Å². The molecule has 0 fully saturated rings. The first-order valence-corrected chi connectivity index (χ1v) is 12.3. The highest BCUT2D eigenvalue weighted by molar-refractivity contribution is 7.21. The van der Waals surface area contributed by atoms with Crippen LogP contribution in [0.15, 0.2) is 78.2 Å². The third kappa shape index (κ3) is 4.91. The fourth-order valence-corrected chi connectivity index (χ4v) is 5.24. The topological polar surface area (TPSA) is 90.4 Å². The highest BCUT2D eigenvalue weighted by Gasteiger charge is 2.18. The Bertz CT molecular complexity index is 1490. The fourth-order valence-electron chi connectivity index (χ4n) is 3.51. The summed E-state index contributed by atoms with van der Waals surface area (Å²) in [5, 5.41) is 5.63. The van der Waals surface area contributed by atoms with Crippen molar-refractivity contribution in [1.82, 2.24) is 9.97 Å². The van der Waals surface area contributed by atoms with Gasteiger partial charge in [-0.3, -0.25) is 10.1 Å². The van der Waals surface area contributed by atoms with Crippen molar-refractivity contribution in [1.29, 1.82) is 0 Å². The number of carbonyl (C=O) groups is 2. The summed E-state index contributed by atoms with van der Waals surface area (Å²) < 4.78 is 11.7. The Balaban J connectivity index is 1.25. The normalized spacial score (nSPS) is 10.8. The number of amides is 1. The number of rotatable bonds is 7. The molecule has 2 aromatic heterocycles. The largest absolute Gasteiger partial charge is 0.496 e. The van der Waals surface area contributed by atoms with Gasteiger partial charge < -0.3 is 9.47 Å². The number of thiazole rings is 2. The van der Waals surface area contributed by atoms with E-state index in [0.717, 1.165) is 20.8 Å². The Morgan fingerprint density at radius 1 is 0.914 bits per heavy atom. The fraction of sp³-hybridized carbons (Fsp3) is 0.0769. The lowest BCUT2D eigenvalue weighted by atomic mass is 10.1. The summed E-state index contributed by atoms with van der Waals surface area (Å²) in [4.78, 5) is 34.3. The van der Waals surface area contributed by atoms with Gasteiger partial charge in [-0.1, -0.05) is 42.5 Å². The first kappa shape index (κ1) is 22.7. The average molecular weight is 502 g/mol. The van der Waals surface area contributed by atoms with Gasteiger partial charge in [-0.05, 0) is 30.3 Å². The Morgan fingerprint density at radius 2 is 1.66 bits per heavy atom. The molecule has 0 aliphatic heterocycles. The number of nitrogens with one attached hydrogen (secondary N) is 1. The van der Waals surface area contributed by atoms with Gasteiger partial charge in [-0.15, -0.1) is 22.7 Å². The van der Waals surface area contributed by atoms with E-state index in [1.165, 1.54) is 22.7 Å². The van der Waals surface area contributed by atoms with E-state index >= 15 is 0 Å². The number of fused-ring (bicyclic) bond motifs is 1. The number of methoxy groups -OCH3 is 1. The molecule has 0 spiro atoms. The van der Waals surface area contributed by atoms with Crippen LogP contribution in [0.2, 0.25) is 0 Å². The van der Waals surface area contributed by atoms with Crippen molar-refractivity contribution in [3.05, 3.63) is 83.7 Å². The zero-order valence-electron chi connectivity index (χ0n) is 18.6. The van der Waals surface area contributed by atoms with Gasteiger partial charge in [0.15, 0.2) is 11.7 Å². The second-order valence-electron chi connectivity index (χ2n) is 7.39. The van der Waals surface area contributed by atoms with Gasteiger partial charge in [0.25, 0.3) is 5.91 Å². The molecule has 3 aromatic carbocycles. The van der Waals surface area contributed by atoms with Gasteiger partial charge in [0.1, 0.15) is 10.8 Å². The Morgan fingerprint density at radius 3 is 2.49 bits per heavy atom. The van der Waals surface area contributed by atoms with Crippen molar-refractivity contribution in [2.45, 2.75) is 0 Å². The van der Waals surface area contributed by atoms with E-state index in [1.807, 2.05) is 66.0 Å². The molecule has 9 heteroatoms. The minimum Gasteiger partial charge on any atom is -0.496 e. The van der Waals surface area contributed by atoms with E-state index in [9.17, 15) is 9.59 Å². The molecule has 35 heavy (non-hydrogen) atoms. The van der Waals surface area contributed by atoms with Crippen LogP contribution in [0.3, 0.4) is 0 Å². The number of hydrogen-bond acceptors (Lipinski definition) is 8. The second-order valence-corrected chi connectivity index (χ2v) is 9.28. The van der Waals surface area contributed by atoms with E-state index in [1.54, 1.807) is 19.2 Å². The molecule has 7 nitrogen and oxygen atoms in total. The van der Waals surface area contributed by atoms with Gasteiger partial charge in [0.05, 0.1) is 28.6 Å². The first-order valence-electron chi connectivity index (χ1n) is 10.6. The molecule has 0 atom stereocenters. The first-order chi connectivity index (χ1) is 17.1. The molecule has 174 valence electrons. The number of hydrogen-bond donors (Lipinski definition) is 1. The summed E-state index contributed by atoms with van der Waals surface area (Å²) in [7, 11) is 1.59. The Labute approximate surface area is 209 Å². The van der Waals surface area contributed by atoms with Gasteiger partial charge in [-0.2, -0.15) is 0 Å². The number of nitrogens with zero attached hydrogens (tertiary/aromatic N) is 2. The van der Waals surface area contributed by atoms with Crippen molar-refractivity contribution >= 4 is 49.9 Å². The highest BCUT2D eigenvalue weighted by atomic mass is 32.1. The van der Waals surface area contributed by atoms with Gasteiger partial charge in [-0.25, -0.2) is 14.8 Å². The lowest BCUT2D eigenvalue weighted by Crippen LogP contribution is -2.21. The molecule has 5 rings (SSSR count). The molecule has 2 heterocycles. The van der Waals surface area contributed by atoms with E-state index < -0.39 is 18.5 Å². The molecule has 1 N–H and O–H groups in total. The van der Waals surface area contributed by atoms with Crippen LogP contribution in [0.5, 0.6) is 5.75 Å². The smallest absolute Gasteiger partial charge is 0.339 e. The van der Waals surface area contributed by atoms with Crippen LogP contribution in [-0.4, -0.2) is 35.6 Å². The average Bonchev–Trinajstić information content (AvgIpc) is 3.54. The molecule has 0 bridgehead atoms. The maximum atomic E-state index is 12.8. The maximum Gasteiger partial charge on any atom is 0.339 e. The molecular weight excluding hydrogens is 482 g/mol. The number of aromatic nitrogens is 2. The van der Waals surface area contributed by atoms with Crippen LogP contribution in [0.4, 0.5) is 5.13 Å². The molecule has 5 aromatic rings. The van der Waals surface area contributed by atoms with Crippen LogP contribution >= 0.6 is 22.7 Å². The van der Waals surface area contributed by atoms with Crippen molar-refractivity contribution < 1.29 is 19.1 Å². The standard InChI is InChI=1S/C26H19N3O4S2/c1-32-21-12-6-4-10-18(21)20-15-34-26(28-20)29-23(30)14-33-25(31)17-9-3-2-8-16(17)24-27-19-11-5-7-13-22(19)35-24/h2-13,15H,14H2,1H3,(H,28,29,30). The van der Waals surface area contributed by atoms with Crippen LogP contribution in [-0.2, 0) is 9.53 Å². The summed E-state index contributed by atoms with van der Waals surface area (Å²) in [6.45, 7) is -0.434. The zero-order chi connectivity index (χ0) is 24.2. The lowest BCUT2D eigenvalue weighted by molar-refractivity contribution is -0.119. The van der Waals surface area contributed by atoms with Crippen LogP contribution in [0.25, 0.3) is 32.0 Å². The van der Waals surface area contributed by atoms with Crippen molar-refractivity contribution in [3.63, 3.8) is 0 Å². The minimum absolute atomic E-state index is 0.354. The summed E-state index contributed by atoms with van der Waals surface area (Å²) in [6.07, 6.45) is 0. The van der Waals surface area contributed by atoms with Gasteiger partial charge >= 0.3 is 5.97 Å². The van der Waals surface area contributed by atoms with Crippen molar-refractivity contribution in [3.8, 4) is 27.6 Å². The molecular formula is C26H19N3O4S2. The minimum atomic E-state index is -0.594. The number of carbonyl (C=O) groups excluding carboxylic acids is 2. The zero-order valence-corrected chi connectivity index (χ0v) is 20.2. The third-order valence-corrected chi connectivity index (χ3v) is 6.97. The Kier molecular flexibility index (Phi) is 6.51. The Hall–Kier alpha value is -4.08. The molecule has 1 amide bonds. The van der Waals surface area contributed by atoms with Crippen molar-refractivity contribution in [2.75, 3.05) is 19.0 Å². The quantitative estimate of drug-likeness (QED) is 0.280. The molecule has 0 saturated carbocycles. The van der Waals surface area contributed by atoms with Gasteiger partial charge in [0, 0.05) is 16.5 Å². The number of ether oxygens (including phenoxy) is 2. The van der Waals surface area contributed by atoms with Gasteiger partial charge in [0.2, 0.25) is 0 Å². The summed E-state index contributed by atoms with van der Waals surface area (Å²) in [5.41, 5.74) is 3.40. The van der Waals surface area contributed by atoms with E-state index in [2.05, 4.69) is 15.3 Å². The molecule has 0 aliphatic rings. The maximum absolute atomic E-state index is 12.8. The third-order valence-electron chi connectivity index (χ3n) is 5.14. The summed E-state index contributed by atoms with van der Waals surface area (Å²) in [6, 6.07) is 22.4. The predicted octanol–water partition coefficient (Wildman–Crippen LogP) is 5.89. The van der Waals surface area contributed by atoms with E-state index in [4.69, 9.17) is 9.47 Å². The van der Waals surface area contributed by atoms with E-state index in [0.29, 0.717) is 27.7 Å². The number of para-hydroxylation sites is 2. The molecule has 0 aliphatic carbocycles. The number of benzene rings is 3. The van der Waals surface area contributed by atoms with E-state index in [-0.39, 0.29) is 0 Å². The van der Waals surface area contributed by atoms with Crippen LogP contribution in [0, 0.1) is 0 Å².